The highest BCUT2D eigenvalue weighted by molar-refractivity contribution is 5.88. The average Bonchev–Trinajstić information content (AvgIpc) is 3.43. The Kier molecular flexibility index (Phi) is 11.5. The predicted octanol–water partition coefficient (Wildman–Crippen LogP) is 3.37. The van der Waals surface area contributed by atoms with E-state index in [4.69, 9.17) is 14.2 Å². The van der Waals surface area contributed by atoms with Gasteiger partial charge in [-0.1, -0.05) is 74.0 Å². The molecule has 1 aromatic heterocycles. The van der Waals surface area contributed by atoms with Crippen LogP contribution in [0.25, 0.3) is 0 Å². The molecule has 39 heavy (non-hydrogen) atoms. The standard InChI is InChI=1S/C28H32N4O7/c1-2-3-14-37-27(35)31-24(26(34)29-16-25(33)38-18-21-10-6-4-7-11-21)15-23-17-32(20-30-23)28(36)39-19-22-12-8-5-9-13-22/h4-13,17,20,24H,2-3,14-16,18-19H2,1H3,(H,29,34)(H,31,35)/t24-/m0/s1. The first kappa shape index (κ1) is 28.9. The van der Waals surface area contributed by atoms with Gasteiger partial charge >= 0.3 is 18.2 Å². The van der Waals surface area contributed by atoms with E-state index >= 15 is 0 Å². The van der Waals surface area contributed by atoms with Crippen molar-refractivity contribution in [3.05, 3.63) is 90.0 Å². The number of ether oxygens (including phenoxy) is 3. The van der Waals surface area contributed by atoms with Gasteiger partial charge in [0.15, 0.2) is 0 Å². The molecular formula is C28H32N4O7. The van der Waals surface area contributed by atoms with Gasteiger partial charge < -0.3 is 24.8 Å². The van der Waals surface area contributed by atoms with Crippen LogP contribution in [0.15, 0.2) is 73.2 Å². The predicted molar refractivity (Wildman–Crippen MR) is 140 cm³/mol. The fraction of sp³-hybridized carbons (Fsp3) is 0.321. The molecule has 0 spiro atoms. The van der Waals surface area contributed by atoms with Gasteiger partial charge in [0.1, 0.15) is 32.1 Å². The monoisotopic (exact) mass is 536 g/mol. The van der Waals surface area contributed by atoms with Crippen LogP contribution in [0.4, 0.5) is 9.59 Å². The zero-order valence-corrected chi connectivity index (χ0v) is 21.7. The number of imidazole rings is 1. The zero-order chi connectivity index (χ0) is 27.9. The first-order chi connectivity index (χ1) is 18.9. The molecule has 0 aliphatic heterocycles. The quantitative estimate of drug-likeness (QED) is 0.193. The van der Waals surface area contributed by atoms with Gasteiger partial charge in [-0.25, -0.2) is 19.1 Å². The van der Waals surface area contributed by atoms with Crippen LogP contribution in [0, 0.1) is 0 Å². The van der Waals surface area contributed by atoms with Crippen molar-refractivity contribution in [2.45, 2.75) is 45.4 Å². The Bertz CT molecular complexity index is 1210. The second-order valence-electron chi connectivity index (χ2n) is 8.57. The summed E-state index contributed by atoms with van der Waals surface area (Å²) < 4.78 is 16.7. The van der Waals surface area contributed by atoms with Crippen LogP contribution in [-0.4, -0.2) is 52.8 Å². The van der Waals surface area contributed by atoms with E-state index in [9.17, 15) is 19.2 Å². The lowest BCUT2D eigenvalue weighted by atomic mass is 10.1. The number of carbonyl (C=O) groups is 4. The molecule has 2 amide bonds. The molecule has 0 saturated carbocycles. The Labute approximate surface area is 226 Å². The summed E-state index contributed by atoms with van der Waals surface area (Å²) in [6.45, 7) is 1.91. The molecule has 0 bridgehead atoms. The Morgan fingerprint density at radius 3 is 2.18 bits per heavy atom. The molecule has 0 aliphatic rings. The van der Waals surface area contributed by atoms with Crippen molar-refractivity contribution in [2.24, 2.45) is 0 Å². The second kappa shape index (κ2) is 15.6. The minimum atomic E-state index is -1.12. The minimum absolute atomic E-state index is 0.0628. The van der Waals surface area contributed by atoms with Crippen molar-refractivity contribution in [1.82, 2.24) is 20.2 Å². The highest BCUT2D eigenvalue weighted by Crippen LogP contribution is 2.06. The third kappa shape index (κ3) is 10.3. The Balaban J connectivity index is 1.56. The fourth-order valence-corrected chi connectivity index (χ4v) is 3.35. The molecule has 3 aromatic rings. The summed E-state index contributed by atoms with van der Waals surface area (Å²) in [6, 6.07) is 17.2. The van der Waals surface area contributed by atoms with Crippen LogP contribution in [0.2, 0.25) is 0 Å². The average molecular weight is 537 g/mol. The highest BCUT2D eigenvalue weighted by Gasteiger charge is 2.24. The van der Waals surface area contributed by atoms with Crippen molar-refractivity contribution in [3.8, 4) is 0 Å². The topological polar surface area (TPSA) is 138 Å². The molecule has 0 saturated heterocycles. The fourth-order valence-electron chi connectivity index (χ4n) is 3.35. The molecule has 1 heterocycles. The zero-order valence-electron chi connectivity index (χ0n) is 21.7. The summed E-state index contributed by atoms with van der Waals surface area (Å²) in [5.41, 5.74) is 1.98. The number of hydrogen-bond donors (Lipinski definition) is 2. The van der Waals surface area contributed by atoms with Crippen LogP contribution < -0.4 is 10.6 Å². The summed E-state index contributed by atoms with van der Waals surface area (Å²) in [4.78, 5) is 53.8. The third-order valence-corrected chi connectivity index (χ3v) is 5.45. The number of nitrogens with one attached hydrogen (secondary N) is 2. The number of rotatable bonds is 13. The Morgan fingerprint density at radius 1 is 0.897 bits per heavy atom. The van der Waals surface area contributed by atoms with Crippen LogP contribution in [0.5, 0.6) is 0 Å². The minimum Gasteiger partial charge on any atom is -0.460 e. The summed E-state index contributed by atoms with van der Waals surface area (Å²) in [6.07, 6.45) is 2.69. The largest absolute Gasteiger partial charge is 0.460 e. The molecule has 0 unspecified atom stereocenters. The van der Waals surface area contributed by atoms with Crippen molar-refractivity contribution in [1.29, 1.82) is 0 Å². The van der Waals surface area contributed by atoms with Gasteiger partial charge in [0.05, 0.1) is 12.3 Å². The number of alkyl carbamates (subject to hydrolysis) is 1. The molecule has 3 rings (SSSR count). The van der Waals surface area contributed by atoms with Crippen molar-refractivity contribution >= 4 is 24.1 Å². The molecule has 0 fully saturated rings. The van der Waals surface area contributed by atoms with E-state index in [1.165, 1.54) is 12.5 Å². The number of nitrogens with zero attached hydrogens (tertiary/aromatic N) is 2. The second-order valence-corrected chi connectivity index (χ2v) is 8.57. The van der Waals surface area contributed by atoms with E-state index in [1.807, 2.05) is 67.6 Å². The first-order valence-electron chi connectivity index (χ1n) is 12.6. The number of unbranched alkanes of at least 4 members (excludes halogenated alkanes) is 1. The van der Waals surface area contributed by atoms with Crippen LogP contribution >= 0.6 is 0 Å². The molecule has 11 nitrogen and oxygen atoms in total. The molecule has 206 valence electrons. The SMILES string of the molecule is CCCCOC(=O)N[C@@H](Cc1cn(C(=O)OCc2ccccc2)cn1)C(=O)NCC(=O)OCc1ccccc1. The van der Waals surface area contributed by atoms with Gasteiger partial charge in [0.25, 0.3) is 0 Å². The van der Waals surface area contributed by atoms with Gasteiger partial charge in [-0.05, 0) is 17.5 Å². The van der Waals surface area contributed by atoms with E-state index < -0.39 is 36.6 Å². The number of esters is 1. The molecule has 0 aliphatic carbocycles. The lowest BCUT2D eigenvalue weighted by Crippen LogP contribution is -2.49. The number of amides is 2. The molecule has 2 aromatic carbocycles. The Hall–Kier alpha value is -4.67. The summed E-state index contributed by atoms with van der Waals surface area (Å²) in [7, 11) is 0. The highest BCUT2D eigenvalue weighted by atomic mass is 16.6. The van der Waals surface area contributed by atoms with Crippen LogP contribution in [-0.2, 0) is 43.4 Å². The normalized spacial score (nSPS) is 11.2. The molecule has 1 atom stereocenters. The van der Waals surface area contributed by atoms with E-state index in [0.29, 0.717) is 12.1 Å². The van der Waals surface area contributed by atoms with Gasteiger partial charge in [-0.3, -0.25) is 9.59 Å². The molecule has 11 heteroatoms. The van der Waals surface area contributed by atoms with Crippen molar-refractivity contribution < 1.29 is 33.4 Å². The number of carbonyl (C=O) groups excluding carboxylic acids is 4. The maximum atomic E-state index is 12.9. The smallest absolute Gasteiger partial charge is 0.419 e. The number of aromatic nitrogens is 2. The van der Waals surface area contributed by atoms with E-state index in [1.54, 1.807) is 0 Å². The lowest BCUT2D eigenvalue weighted by molar-refractivity contribution is -0.145. The van der Waals surface area contributed by atoms with E-state index in [-0.39, 0.29) is 26.2 Å². The Morgan fingerprint density at radius 2 is 1.54 bits per heavy atom. The van der Waals surface area contributed by atoms with E-state index in [0.717, 1.165) is 22.1 Å². The van der Waals surface area contributed by atoms with Crippen LogP contribution in [0.3, 0.4) is 0 Å². The van der Waals surface area contributed by atoms with E-state index in [2.05, 4.69) is 15.6 Å². The maximum absolute atomic E-state index is 12.9. The number of benzene rings is 2. The third-order valence-electron chi connectivity index (χ3n) is 5.45. The lowest BCUT2D eigenvalue weighted by Gasteiger charge is -2.17. The molecular weight excluding hydrogens is 504 g/mol. The van der Waals surface area contributed by atoms with Crippen molar-refractivity contribution in [2.75, 3.05) is 13.2 Å². The number of hydrogen-bond acceptors (Lipinski definition) is 8. The summed E-state index contributed by atoms with van der Waals surface area (Å²) in [5, 5.41) is 4.97. The summed E-state index contributed by atoms with van der Waals surface area (Å²) in [5.74, 6) is -1.28. The van der Waals surface area contributed by atoms with Gasteiger partial charge in [0.2, 0.25) is 5.91 Å². The maximum Gasteiger partial charge on any atom is 0.419 e. The molecule has 0 radical (unpaired) electrons. The van der Waals surface area contributed by atoms with Gasteiger partial charge in [-0.15, -0.1) is 0 Å². The molecule has 2 N–H and O–H groups in total. The van der Waals surface area contributed by atoms with Crippen molar-refractivity contribution in [3.63, 3.8) is 0 Å². The van der Waals surface area contributed by atoms with Gasteiger partial charge in [-0.2, -0.15) is 0 Å². The van der Waals surface area contributed by atoms with Gasteiger partial charge in [0, 0.05) is 12.6 Å². The van der Waals surface area contributed by atoms with Crippen LogP contribution in [0.1, 0.15) is 36.6 Å². The summed E-state index contributed by atoms with van der Waals surface area (Å²) >= 11 is 0. The first-order valence-corrected chi connectivity index (χ1v) is 12.6.